The largest absolute Gasteiger partial charge is 0.490 e. The molecule has 0 aliphatic heterocycles. The molecule has 0 bridgehead atoms. The first-order valence-electron chi connectivity index (χ1n) is 18.1. The van der Waals surface area contributed by atoms with Crippen LogP contribution in [-0.4, -0.2) is 18.3 Å². The van der Waals surface area contributed by atoms with Crippen LogP contribution in [0.25, 0.3) is 0 Å². The number of aliphatic hydroxyl groups excluding tert-OH is 1. The minimum atomic E-state index is 0.0242. The van der Waals surface area contributed by atoms with E-state index in [-0.39, 0.29) is 6.61 Å². The predicted molar refractivity (Wildman–Crippen MR) is 184 cm³/mol. The molecule has 0 heterocycles. The number of ether oxygens (including phenoxy) is 2. The highest BCUT2D eigenvalue weighted by Crippen LogP contribution is 2.29. The van der Waals surface area contributed by atoms with Crippen molar-refractivity contribution in [2.45, 2.75) is 175 Å². The normalized spacial score (nSPS) is 11.7. The van der Waals surface area contributed by atoms with Crippen LogP contribution >= 0.6 is 0 Å². The third-order valence-electron chi connectivity index (χ3n) is 8.02. The van der Waals surface area contributed by atoms with E-state index in [1.807, 2.05) is 18.2 Å². The van der Waals surface area contributed by atoms with E-state index in [4.69, 9.17) is 9.47 Å². The Hall–Kier alpha value is -1.74. The lowest BCUT2D eigenvalue weighted by Gasteiger charge is -2.14. The first-order chi connectivity index (χ1) is 20.8. The highest BCUT2D eigenvalue weighted by Gasteiger charge is 2.07. The zero-order valence-electron chi connectivity index (χ0n) is 27.9. The molecule has 1 aromatic carbocycles. The van der Waals surface area contributed by atoms with Gasteiger partial charge in [-0.05, 0) is 81.9 Å². The van der Waals surface area contributed by atoms with Gasteiger partial charge in [0.2, 0.25) is 0 Å². The van der Waals surface area contributed by atoms with Crippen molar-refractivity contribution in [2.75, 3.05) is 13.2 Å². The molecule has 1 rings (SSSR count). The van der Waals surface area contributed by atoms with Crippen molar-refractivity contribution in [3.8, 4) is 11.5 Å². The highest BCUT2D eigenvalue weighted by atomic mass is 16.5. The van der Waals surface area contributed by atoms with Crippen LogP contribution in [0.3, 0.4) is 0 Å². The van der Waals surface area contributed by atoms with Gasteiger partial charge < -0.3 is 14.6 Å². The molecular weight excluding hydrogens is 516 g/mol. The zero-order valence-corrected chi connectivity index (χ0v) is 27.9. The quantitative estimate of drug-likeness (QED) is 0.0697. The van der Waals surface area contributed by atoms with Crippen molar-refractivity contribution in [1.29, 1.82) is 0 Å². The van der Waals surface area contributed by atoms with Gasteiger partial charge in [-0.2, -0.15) is 0 Å². The molecule has 42 heavy (non-hydrogen) atoms. The fourth-order valence-corrected chi connectivity index (χ4v) is 5.24. The molecule has 0 unspecified atom stereocenters. The summed E-state index contributed by atoms with van der Waals surface area (Å²) in [5.74, 6) is 1.58. The Labute approximate surface area is 261 Å². The topological polar surface area (TPSA) is 38.7 Å². The van der Waals surface area contributed by atoms with Crippen LogP contribution in [0, 0.1) is 0 Å². The van der Waals surface area contributed by atoms with Gasteiger partial charge in [-0.15, -0.1) is 0 Å². The van der Waals surface area contributed by atoms with E-state index in [1.165, 1.54) is 141 Å². The molecule has 0 saturated carbocycles. The maximum absolute atomic E-state index is 9.57. The van der Waals surface area contributed by atoms with Gasteiger partial charge in [0.15, 0.2) is 11.5 Å². The molecule has 0 amide bonds. The predicted octanol–water partition coefficient (Wildman–Crippen LogP) is 12.5. The fourth-order valence-electron chi connectivity index (χ4n) is 5.24. The van der Waals surface area contributed by atoms with Gasteiger partial charge in [0.05, 0.1) is 19.8 Å². The molecule has 3 nitrogen and oxygen atoms in total. The molecule has 242 valence electrons. The van der Waals surface area contributed by atoms with Gasteiger partial charge in [0.25, 0.3) is 0 Å². The lowest BCUT2D eigenvalue weighted by molar-refractivity contribution is 0.255. The van der Waals surface area contributed by atoms with Crippen molar-refractivity contribution < 1.29 is 14.6 Å². The Morgan fingerprint density at radius 3 is 1.29 bits per heavy atom. The number of benzene rings is 1. The van der Waals surface area contributed by atoms with Gasteiger partial charge in [0, 0.05) is 0 Å². The monoisotopic (exact) mass is 585 g/mol. The molecule has 0 fully saturated rings. The van der Waals surface area contributed by atoms with Crippen LogP contribution in [0.2, 0.25) is 0 Å². The second-order valence-electron chi connectivity index (χ2n) is 12.1. The van der Waals surface area contributed by atoms with Crippen molar-refractivity contribution in [3.05, 3.63) is 48.1 Å². The van der Waals surface area contributed by atoms with Crippen molar-refractivity contribution in [3.63, 3.8) is 0 Å². The van der Waals surface area contributed by atoms with Crippen molar-refractivity contribution >= 4 is 0 Å². The van der Waals surface area contributed by atoms with Crippen LogP contribution < -0.4 is 9.47 Å². The molecular formula is C39H68O3. The van der Waals surface area contributed by atoms with E-state index in [0.717, 1.165) is 36.5 Å². The van der Waals surface area contributed by atoms with E-state index in [1.54, 1.807) is 0 Å². The van der Waals surface area contributed by atoms with Gasteiger partial charge >= 0.3 is 0 Å². The molecule has 1 N–H and O–H groups in total. The number of hydrogen-bond donors (Lipinski definition) is 1. The van der Waals surface area contributed by atoms with Gasteiger partial charge in [-0.3, -0.25) is 0 Å². The minimum Gasteiger partial charge on any atom is -0.490 e. The molecule has 1 aromatic rings. The van der Waals surface area contributed by atoms with E-state index in [2.05, 4.69) is 38.2 Å². The number of rotatable bonds is 31. The van der Waals surface area contributed by atoms with Crippen LogP contribution in [0.15, 0.2) is 42.5 Å². The summed E-state index contributed by atoms with van der Waals surface area (Å²) in [4.78, 5) is 0. The molecule has 3 heteroatoms. The molecule has 0 aliphatic rings. The Balaban J connectivity index is 2.08. The fraction of sp³-hybridized carbons (Fsp3) is 0.744. The zero-order chi connectivity index (χ0) is 30.2. The van der Waals surface area contributed by atoms with Crippen molar-refractivity contribution in [1.82, 2.24) is 0 Å². The Morgan fingerprint density at radius 2 is 0.857 bits per heavy atom. The maximum atomic E-state index is 9.57. The number of hydrogen-bond acceptors (Lipinski definition) is 3. The lowest BCUT2D eigenvalue weighted by Crippen LogP contribution is -2.03. The minimum absolute atomic E-state index is 0.0242. The summed E-state index contributed by atoms with van der Waals surface area (Å²) in [7, 11) is 0. The molecule has 0 spiro atoms. The standard InChI is InChI=1S/C39H68O3/c1-3-5-7-9-11-13-15-17-19-21-23-25-27-29-33-41-38-32-31-37(36-40)35-39(38)42-34-30-28-26-24-22-20-18-16-14-12-10-8-6-4-2/h17-20,31-32,35,40H,3-16,21-30,33-34,36H2,1-2H3. The first kappa shape index (κ1) is 38.3. The first-order valence-corrected chi connectivity index (χ1v) is 18.1. The molecule has 0 aromatic heterocycles. The van der Waals surface area contributed by atoms with Gasteiger partial charge in [0.1, 0.15) is 0 Å². The lowest BCUT2D eigenvalue weighted by atomic mass is 10.1. The van der Waals surface area contributed by atoms with Crippen LogP contribution in [0.4, 0.5) is 0 Å². The number of aliphatic hydroxyl groups is 1. The SMILES string of the molecule is CCCCCCCCC=CCCCCCCOc1ccc(CO)cc1OCCCCCCC=CCCCCCCCC. The highest BCUT2D eigenvalue weighted by molar-refractivity contribution is 5.42. The molecule has 0 atom stereocenters. The summed E-state index contributed by atoms with van der Waals surface area (Å²) in [5.41, 5.74) is 0.870. The summed E-state index contributed by atoms with van der Waals surface area (Å²) >= 11 is 0. The summed E-state index contributed by atoms with van der Waals surface area (Å²) in [5, 5.41) is 9.57. The van der Waals surface area contributed by atoms with Crippen LogP contribution in [-0.2, 0) is 6.61 Å². The summed E-state index contributed by atoms with van der Waals surface area (Å²) in [6, 6.07) is 5.81. The third kappa shape index (κ3) is 23.8. The van der Waals surface area contributed by atoms with E-state index < -0.39 is 0 Å². The second-order valence-corrected chi connectivity index (χ2v) is 12.1. The van der Waals surface area contributed by atoms with Gasteiger partial charge in [-0.1, -0.05) is 134 Å². The third-order valence-corrected chi connectivity index (χ3v) is 8.02. The second kappa shape index (κ2) is 30.7. The van der Waals surface area contributed by atoms with E-state index >= 15 is 0 Å². The van der Waals surface area contributed by atoms with E-state index in [9.17, 15) is 5.11 Å². The summed E-state index contributed by atoms with van der Waals surface area (Å²) in [6.45, 7) is 6.00. The Bertz CT molecular complexity index is 754. The molecule has 0 aliphatic carbocycles. The van der Waals surface area contributed by atoms with Crippen molar-refractivity contribution in [2.24, 2.45) is 0 Å². The maximum Gasteiger partial charge on any atom is 0.161 e. The average Bonchev–Trinajstić information content (AvgIpc) is 3.01. The Morgan fingerprint density at radius 1 is 0.476 bits per heavy atom. The van der Waals surface area contributed by atoms with Gasteiger partial charge in [-0.25, -0.2) is 0 Å². The van der Waals surface area contributed by atoms with Crippen LogP contribution in [0.5, 0.6) is 11.5 Å². The number of allylic oxidation sites excluding steroid dienone is 4. The molecule has 0 radical (unpaired) electrons. The summed E-state index contributed by atoms with van der Waals surface area (Å²) in [6.07, 6.45) is 40.5. The summed E-state index contributed by atoms with van der Waals surface area (Å²) < 4.78 is 12.2. The molecule has 0 saturated heterocycles. The van der Waals surface area contributed by atoms with E-state index in [0.29, 0.717) is 6.61 Å². The average molecular weight is 585 g/mol. The number of unbranched alkanes of at least 4 members (excludes halogenated alkanes) is 20. The van der Waals surface area contributed by atoms with Crippen LogP contribution in [0.1, 0.15) is 174 Å². The Kier molecular flexibility index (Phi) is 28.0. The smallest absolute Gasteiger partial charge is 0.161 e.